The molecule has 0 spiro atoms. The van der Waals surface area contributed by atoms with Crippen LogP contribution >= 0.6 is 35.0 Å². The molecule has 0 aliphatic carbocycles. The van der Waals surface area contributed by atoms with Crippen LogP contribution in [0.3, 0.4) is 0 Å². The Labute approximate surface area is 152 Å². The molecule has 0 bridgehead atoms. The number of benzene rings is 1. The minimum Gasteiger partial charge on any atom is -0.341 e. The van der Waals surface area contributed by atoms with E-state index in [2.05, 4.69) is 9.80 Å². The zero-order valence-electron chi connectivity index (χ0n) is 13.1. The van der Waals surface area contributed by atoms with E-state index in [1.165, 1.54) is 5.56 Å². The van der Waals surface area contributed by atoms with Crippen molar-refractivity contribution in [3.8, 4) is 0 Å². The number of carbonyl (C=O) groups is 1. The highest BCUT2D eigenvalue weighted by molar-refractivity contribution is 7.99. The zero-order chi connectivity index (χ0) is 16.2. The van der Waals surface area contributed by atoms with Gasteiger partial charge in [-0.3, -0.25) is 9.69 Å². The highest BCUT2D eigenvalue weighted by atomic mass is 35.5. The van der Waals surface area contributed by atoms with Crippen LogP contribution in [-0.4, -0.2) is 53.4 Å². The van der Waals surface area contributed by atoms with Gasteiger partial charge in [0.2, 0.25) is 5.91 Å². The van der Waals surface area contributed by atoms with Crippen LogP contribution < -0.4 is 0 Å². The van der Waals surface area contributed by atoms with Crippen LogP contribution in [0.2, 0.25) is 10.0 Å². The maximum absolute atomic E-state index is 12.6. The summed E-state index contributed by atoms with van der Waals surface area (Å²) in [7, 11) is 0. The summed E-state index contributed by atoms with van der Waals surface area (Å²) in [6, 6.07) is 5.81. The molecule has 1 aromatic carbocycles. The molecule has 3 rings (SSSR count). The number of hydrogen-bond donors (Lipinski definition) is 0. The van der Waals surface area contributed by atoms with Gasteiger partial charge in [0.25, 0.3) is 0 Å². The maximum Gasteiger partial charge on any atom is 0.225 e. The van der Waals surface area contributed by atoms with E-state index in [9.17, 15) is 4.79 Å². The number of piperidine rings is 1. The van der Waals surface area contributed by atoms with Gasteiger partial charge in [-0.2, -0.15) is 11.8 Å². The van der Waals surface area contributed by atoms with Crippen molar-refractivity contribution in [3.63, 3.8) is 0 Å². The summed E-state index contributed by atoms with van der Waals surface area (Å²) in [6.07, 6.45) is 1.92. The van der Waals surface area contributed by atoms with Crippen molar-refractivity contribution in [2.75, 3.05) is 37.7 Å². The molecule has 1 amide bonds. The quantitative estimate of drug-likeness (QED) is 0.806. The van der Waals surface area contributed by atoms with E-state index in [0.717, 1.165) is 57.1 Å². The molecule has 0 saturated carbocycles. The van der Waals surface area contributed by atoms with Gasteiger partial charge in [0, 0.05) is 37.1 Å². The van der Waals surface area contributed by atoms with E-state index in [1.54, 1.807) is 0 Å². The van der Waals surface area contributed by atoms with E-state index < -0.39 is 0 Å². The first kappa shape index (κ1) is 17.4. The Morgan fingerprint density at radius 2 is 1.78 bits per heavy atom. The Bertz CT molecular complexity index is 556. The fourth-order valence-electron chi connectivity index (χ4n) is 3.28. The van der Waals surface area contributed by atoms with Crippen LogP contribution in [0.5, 0.6) is 0 Å². The molecule has 126 valence electrons. The Morgan fingerprint density at radius 1 is 1.09 bits per heavy atom. The smallest absolute Gasteiger partial charge is 0.225 e. The monoisotopic (exact) mass is 372 g/mol. The molecule has 6 heteroatoms. The maximum atomic E-state index is 12.6. The number of halogens is 2. The second-order valence-electron chi connectivity index (χ2n) is 6.24. The Balaban J connectivity index is 1.49. The number of likely N-dealkylation sites (tertiary alicyclic amines) is 1. The van der Waals surface area contributed by atoms with Crippen LogP contribution in [0.15, 0.2) is 18.2 Å². The Hall–Kier alpha value is -0.420. The summed E-state index contributed by atoms with van der Waals surface area (Å²) in [5, 5.41) is 1.21. The van der Waals surface area contributed by atoms with Crippen LogP contribution in [0.1, 0.15) is 18.4 Å². The number of nitrogens with zero attached hydrogens (tertiary/aromatic N) is 2. The van der Waals surface area contributed by atoms with Gasteiger partial charge in [-0.15, -0.1) is 0 Å². The normalized spacial score (nSPS) is 20.7. The van der Waals surface area contributed by atoms with Crippen molar-refractivity contribution >= 4 is 40.9 Å². The minimum atomic E-state index is 0.211. The van der Waals surface area contributed by atoms with Gasteiger partial charge < -0.3 is 4.90 Å². The molecule has 0 atom stereocenters. The van der Waals surface area contributed by atoms with Crippen molar-refractivity contribution in [3.05, 3.63) is 33.8 Å². The third kappa shape index (κ3) is 4.56. The molecule has 2 aliphatic heterocycles. The first-order chi connectivity index (χ1) is 11.1. The van der Waals surface area contributed by atoms with Gasteiger partial charge >= 0.3 is 0 Å². The summed E-state index contributed by atoms with van der Waals surface area (Å²) < 4.78 is 0. The SMILES string of the molecule is O=C(C1CCN(Cc2ccc(Cl)c(Cl)c2)CC1)N1CCSCC1. The molecule has 2 saturated heterocycles. The summed E-state index contributed by atoms with van der Waals surface area (Å²) in [4.78, 5) is 17.0. The molecular formula is C17H22Cl2N2OS. The summed E-state index contributed by atoms with van der Waals surface area (Å²) in [6.45, 7) is 4.66. The van der Waals surface area contributed by atoms with Crippen molar-refractivity contribution in [1.82, 2.24) is 9.80 Å². The third-order valence-electron chi connectivity index (χ3n) is 4.65. The van der Waals surface area contributed by atoms with E-state index in [1.807, 2.05) is 30.0 Å². The predicted molar refractivity (Wildman–Crippen MR) is 98.4 cm³/mol. The third-order valence-corrected chi connectivity index (χ3v) is 6.33. The lowest BCUT2D eigenvalue weighted by Crippen LogP contribution is -2.45. The number of carbonyl (C=O) groups excluding carboxylic acids is 1. The number of hydrogen-bond acceptors (Lipinski definition) is 3. The number of thioether (sulfide) groups is 1. The molecule has 2 heterocycles. The van der Waals surface area contributed by atoms with Gasteiger partial charge in [0.15, 0.2) is 0 Å². The van der Waals surface area contributed by atoms with Crippen LogP contribution in [-0.2, 0) is 11.3 Å². The topological polar surface area (TPSA) is 23.6 Å². The predicted octanol–water partition coefficient (Wildman–Crippen LogP) is 3.78. The van der Waals surface area contributed by atoms with Gasteiger partial charge in [-0.05, 0) is 43.6 Å². The fraction of sp³-hybridized carbons (Fsp3) is 0.588. The first-order valence-corrected chi connectivity index (χ1v) is 10.1. The standard InChI is InChI=1S/C17H22Cl2N2OS/c18-15-2-1-13(11-16(15)19)12-20-5-3-14(4-6-20)17(22)21-7-9-23-10-8-21/h1-2,11,14H,3-10,12H2. The minimum absolute atomic E-state index is 0.211. The molecule has 1 aromatic rings. The zero-order valence-corrected chi connectivity index (χ0v) is 15.5. The molecule has 2 fully saturated rings. The Morgan fingerprint density at radius 3 is 2.43 bits per heavy atom. The number of rotatable bonds is 3. The molecule has 0 N–H and O–H groups in total. The van der Waals surface area contributed by atoms with Crippen molar-refractivity contribution in [2.45, 2.75) is 19.4 Å². The van der Waals surface area contributed by atoms with Gasteiger partial charge in [-0.1, -0.05) is 29.3 Å². The van der Waals surface area contributed by atoms with E-state index in [0.29, 0.717) is 16.0 Å². The van der Waals surface area contributed by atoms with Gasteiger partial charge in [0.1, 0.15) is 0 Å². The Kier molecular flexibility index (Phi) is 6.13. The van der Waals surface area contributed by atoms with Crippen LogP contribution in [0, 0.1) is 5.92 Å². The second kappa shape index (κ2) is 8.11. The molecule has 0 unspecified atom stereocenters. The highest BCUT2D eigenvalue weighted by Gasteiger charge is 2.29. The van der Waals surface area contributed by atoms with E-state index in [4.69, 9.17) is 23.2 Å². The summed E-state index contributed by atoms with van der Waals surface area (Å²) in [5.41, 5.74) is 1.18. The van der Waals surface area contributed by atoms with E-state index >= 15 is 0 Å². The first-order valence-electron chi connectivity index (χ1n) is 8.16. The summed E-state index contributed by atoms with van der Waals surface area (Å²) >= 11 is 14.0. The lowest BCUT2D eigenvalue weighted by molar-refractivity contribution is -0.136. The summed E-state index contributed by atoms with van der Waals surface area (Å²) in [5.74, 6) is 2.76. The van der Waals surface area contributed by atoms with Crippen molar-refractivity contribution < 1.29 is 4.79 Å². The molecule has 23 heavy (non-hydrogen) atoms. The lowest BCUT2D eigenvalue weighted by atomic mass is 9.95. The molecule has 0 radical (unpaired) electrons. The molecule has 0 aromatic heterocycles. The fourth-order valence-corrected chi connectivity index (χ4v) is 4.50. The van der Waals surface area contributed by atoms with Crippen LogP contribution in [0.4, 0.5) is 0 Å². The van der Waals surface area contributed by atoms with Gasteiger partial charge in [0.05, 0.1) is 10.0 Å². The molecule has 2 aliphatic rings. The van der Waals surface area contributed by atoms with E-state index in [-0.39, 0.29) is 5.92 Å². The number of amides is 1. The van der Waals surface area contributed by atoms with Crippen molar-refractivity contribution in [2.24, 2.45) is 5.92 Å². The largest absolute Gasteiger partial charge is 0.341 e. The molecule has 3 nitrogen and oxygen atoms in total. The highest BCUT2D eigenvalue weighted by Crippen LogP contribution is 2.26. The average molecular weight is 373 g/mol. The average Bonchev–Trinajstić information content (AvgIpc) is 2.59. The van der Waals surface area contributed by atoms with Crippen LogP contribution in [0.25, 0.3) is 0 Å². The van der Waals surface area contributed by atoms with Crippen molar-refractivity contribution in [1.29, 1.82) is 0 Å². The second-order valence-corrected chi connectivity index (χ2v) is 8.28. The lowest BCUT2D eigenvalue weighted by Gasteiger charge is -2.35. The van der Waals surface area contributed by atoms with Gasteiger partial charge in [-0.25, -0.2) is 0 Å². The molecular weight excluding hydrogens is 351 g/mol.